The van der Waals surface area contributed by atoms with E-state index in [4.69, 9.17) is 14.2 Å². The van der Waals surface area contributed by atoms with Crippen LogP contribution in [0.1, 0.15) is 43.6 Å². The summed E-state index contributed by atoms with van der Waals surface area (Å²) >= 11 is 0. The summed E-state index contributed by atoms with van der Waals surface area (Å²) in [5, 5.41) is 7.67. The minimum Gasteiger partial charge on any atom is -0.496 e. The van der Waals surface area contributed by atoms with Crippen molar-refractivity contribution in [2.45, 2.75) is 51.9 Å². The lowest BCUT2D eigenvalue weighted by molar-refractivity contribution is -0.130. The van der Waals surface area contributed by atoms with Crippen LogP contribution >= 0.6 is 0 Å². The number of benzene rings is 3. The number of ether oxygens (including phenoxy) is 3. The van der Waals surface area contributed by atoms with E-state index in [1.807, 2.05) is 30.3 Å². The molecule has 1 aliphatic rings. The molecule has 11 nitrogen and oxygen atoms in total. The predicted octanol–water partition coefficient (Wildman–Crippen LogP) is 4.33. The smallest absolute Gasteiger partial charge is 0.410 e. The van der Waals surface area contributed by atoms with Crippen molar-refractivity contribution in [2.24, 2.45) is 0 Å². The average molecular weight is 591 g/mol. The molecule has 4 rings (SSSR count). The first-order chi connectivity index (χ1) is 20.3. The van der Waals surface area contributed by atoms with E-state index in [9.17, 15) is 19.2 Å². The predicted molar refractivity (Wildman–Crippen MR) is 163 cm³/mol. The van der Waals surface area contributed by atoms with E-state index in [1.54, 1.807) is 64.0 Å². The van der Waals surface area contributed by atoms with Crippen molar-refractivity contribution in [3.05, 3.63) is 65.7 Å². The Balaban J connectivity index is 1.66. The summed E-state index contributed by atoms with van der Waals surface area (Å²) in [5.41, 5.74) is 1.76. The number of para-hydroxylation sites is 2. The van der Waals surface area contributed by atoms with Crippen molar-refractivity contribution >= 4 is 46.0 Å². The molecule has 0 bridgehead atoms. The maximum Gasteiger partial charge on any atom is 0.410 e. The van der Waals surface area contributed by atoms with Crippen molar-refractivity contribution < 1.29 is 33.4 Å². The highest BCUT2D eigenvalue weighted by Crippen LogP contribution is 2.35. The first-order valence-corrected chi connectivity index (χ1v) is 13.9. The van der Waals surface area contributed by atoms with Gasteiger partial charge in [-0.2, -0.15) is 0 Å². The maximum atomic E-state index is 14.1. The van der Waals surface area contributed by atoms with E-state index < -0.39 is 35.7 Å². The molecule has 2 atom stereocenters. The zero-order valence-electron chi connectivity index (χ0n) is 25.5. The Labute approximate surface area is 251 Å². The molecule has 2 N–H and O–H groups in total. The van der Waals surface area contributed by atoms with Crippen molar-refractivity contribution in [1.82, 2.24) is 10.2 Å². The molecule has 228 valence electrons. The molecule has 3 aromatic carbocycles. The van der Waals surface area contributed by atoms with Crippen LogP contribution in [-0.2, 0) is 25.6 Å². The maximum absolute atomic E-state index is 14.1. The minimum absolute atomic E-state index is 0.120. The number of esters is 1. The number of carbonyl (C=O) groups is 4. The van der Waals surface area contributed by atoms with Gasteiger partial charge in [0.2, 0.25) is 5.91 Å². The highest BCUT2D eigenvalue weighted by molar-refractivity contribution is 6.04. The number of nitrogens with zero attached hydrogens (tertiary/aromatic N) is 2. The Bertz CT molecular complexity index is 1550. The van der Waals surface area contributed by atoms with Crippen LogP contribution < -0.4 is 20.3 Å². The number of hydrogen-bond acceptors (Lipinski definition) is 8. The zero-order valence-corrected chi connectivity index (χ0v) is 25.5. The largest absolute Gasteiger partial charge is 0.496 e. The van der Waals surface area contributed by atoms with E-state index >= 15 is 0 Å². The molecule has 3 amide bonds. The third-order valence-corrected chi connectivity index (χ3v) is 7.26. The molecule has 0 radical (unpaired) electrons. The Morgan fingerprint density at radius 3 is 2.49 bits per heavy atom. The average Bonchev–Trinajstić information content (AvgIpc) is 3.11. The molecule has 0 saturated carbocycles. The summed E-state index contributed by atoms with van der Waals surface area (Å²) in [6.07, 6.45) is -0.645. The van der Waals surface area contributed by atoms with E-state index in [0.717, 1.165) is 22.0 Å². The van der Waals surface area contributed by atoms with Gasteiger partial charge in [0.15, 0.2) is 0 Å². The fourth-order valence-electron chi connectivity index (χ4n) is 4.83. The van der Waals surface area contributed by atoms with Crippen LogP contribution in [-0.4, -0.2) is 74.3 Å². The molecule has 0 aliphatic carbocycles. The van der Waals surface area contributed by atoms with Gasteiger partial charge in [0.25, 0.3) is 5.91 Å². The Morgan fingerprint density at radius 2 is 1.81 bits per heavy atom. The van der Waals surface area contributed by atoms with E-state index in [1.165, 1.54) is 19.1 Å². The molecule has 0 fully saturated rings. The van der Waals surface area contributed by atoms with Gasteiger partial charge in [-0.25, -0.2) is 9.59 Å². The number of fused-ring (bicyclic) bond motifs is 2. The number of amides is 3. The fraction of sp³-hybridized carbons (Fsp3) is 0.375. The normalized spacial score (nSPS) is 15.5. The van der Waals surface area contributed by atoms with Crippen molar-refractivity contribution in [2.75, 3.05) is 38.0 Å². The summed E-state index contributed by atoms with van der Waals surface area (Å²) in [5.74, 6) is -0.734. The van der Waals surface area contributed by atoms with Crippen LogP contribution in [0.25, 0.3) is 10.8 Å². The minimum atomic E-state index is -0.943. The molecular weight excluding hydrogens is 552 g/mol. The van der Waals surface area contributed by atoms with E-state index in [-0.39, 0.29) is 19.0 Å². The molecule has 1 heterocycles. The molecule has 0 spiro atoms. The SMILES string of the molecule is COC(=O)c1ccc2c(CN3C(=O)C(NC(=O)C(C)N(C)C(=O)OC(C)(C)C)CNc4ccccc43)c(OC)ccc2c1. The lowest BCUT2D eigenvalue weighted by Crippen LogP contribution is -2.55. The molecular formula is C32H38N4O7. The van der Waals surface area contributed by atoms with Gasteiger partial charge in [-0.1, -0.05) is 24.3 Å². The zero-order chi connectivity index (χ0) is 31.5. The summed E-state index contributed by atoms with van der Waals surface area (Å²) in [6.45, 7) is 7.06. The highest BCUT2D eigenvalue weighted by atomic mass is 16.6. The van der Waals surface area contributed by atoms with Gasteiger partial charge in [-0.3, -0.25) is 14.5 Å². The monoisotopic (exact) mass is 590 g/mol. The van der Waals surface area contributed by atoms with Crippen LogP contribution in [0, 0.1) is 0 Å². The Kier molecular flexibility index (Phi) is 9.13. The topological polar surface area (TPSA) is 127 Å². The second-order valence-corrected chi connectivity index (χ2v) is 11.3. The van der Waals surface area contributed by atoms with Crippen molar-refractivity contribution in [1.29, 1.82) is 0 Å². The van der Waals surface area contributed by atoms with Gasteiger partial charge < -0.3 is 29.7 Å². The highest BCUT2D eigenvalue weighted by Gasteiger charge is 2.35. The molecule has 1 aliphatic heterocycles. The number of anilines is 2. The van der Waals surface area contributed by atoms with Gasteiger partial charge in [0.05, 0.1) is 37.7 Å². The first-order valence-electron chi connectivity index (χ1n) is 13.9. The van der Waals surface area contributed by atoms with Gasteiger partial charge in [-0.05, 0) is 68.8 Å². The molecule has 3 aromatic rings. The number of rotatable bonds is 7. The number of likely N-dealkylation sites (N-methyl/N-ethyl adjacent to an activating group) is 1. The first kappa shape index (κ1) is 31.1. The number of methoxy groups -OCH3 is 2. The van der Waals surface area contributed by atoms with Crippen LogP contribution in [0.5, 0.6) is 5.75 Å². The summed E-state index contributed by atoms with van der Waals surface area (Å²) < 4.78 is 16.0. The molecule has 0 saturated heterocycles. The number of hydrogen-bond donors (Lipinski definition) is 2. The number of carbonyl (C=O) groups excluding carboxylic acids is 4. The quantitative estimate of drug-likeness (QED) is 0.390. The standard InChI is InChI=1S/C32H38N4O7/c1-19(35(5)31(40)43-32(2,3)4)28(37)34-25-17-33-24-10-8-9-11-26(24)36(29(25)38)18-23-22-14-12-21(30(39)42-7)16-20(22)13-15-27(23)41-6/h8-16,19,25,33H,17-18H2,1-7H3,(H,34,37). The fourth-order valence-corrected chi connectivity index (χ4v) is 4.83. The van der Waals surface area contributed by atoms with Crippen LogP contribution in [0.15, 0.2) is 54.6 Å². The lowest BCUT2D eigenvalue weighted by atomic mass is 10.00. The third-order valence-electron chi connectivity index (χ3n) is 7.26. The summed E-state index contributed by atoms with van der Waals surface area (Å²) in [6, 6.07) is 14.4. The van der Waals surface area contributed by atoms with Gasteiger partial charge >= 0.3 is 12.1 Å². The van der Waals surface area contributed by atoms with Crippen LogP contribution in [0.2, 0.25) is 0 Å². The second-order valence-electron chi connectivity index (χ2n) is 11.3. The van der Waals surface area contributed by atoms with E-state index in [2.05, 4.69) is 10.6 Å². The van der Waals surface area contributed by atoms with E-state index in [0.29, 0.717) is 17.0 Å². The van der Waals surface area contributed by atoms with Crippen LogP contribution in [0.3, 0.4) is 0 Å². The molecule has 0 aromatic heterocycles. The second kappa shape index (κ2) is 12.6. The Morgan fingerprint density at radius 1 is 1.09 bits per heavy atom. The number of nitrogens with one attached hydrogen (secondary N) is 2. The summed E-state index contributed by atoms with van der Waals surface area (Å²) in [4.78, 5) is 54.9. The van der Waals surface area contributed by atoms with Crippen molar-refractivity contribution in [3.63, 3.8) is 0 Å². The van der Waals surface area contributed by atoms with Crippen molar-refractivity contribution in [3.8, 4) is 5.75 Å². The lowest BCUT2D eigenvalue weighted by Gasteiger charge is -2.30. The molecule has 11 heteroatoms. The summed E-state index contributed by atoms with van der Waals surface area (Å²) in [7, 11) is 4.36. The third kappa shape index (κ3) is 6.82. The van der Waals surface area contributed by atoms with Gasteiger partial charge in [-0.15, -0.1) is 0 Å². The molecule has 43 heavy (non-hydrogen) atoms. The molecule has 2 unspecified atom stereocenters. The van der Waals surface area contributed by atoms with Gasteiger partial charge in [0.1, 0.15) is 23.4 Å². The Hall–Kier alpha value is -4.80. The van der Waals surface area contributed by atoms with Crippen LogP contribution in [0.4, 0.5) is 16.2 Å². The van der Waals surface area contributed by atoms with Gasteiger partial charge in [0, 0.05) is 19.2 Å².